The third-order valence-corrected chi connectivity index (χ3v) is 4.03. The topological polar surface area (TPSA) is 88.3 Å². The average molecular weight is 314 g/mol. The lowest BCUT2D eigenvalue weighted by atomic mass is 10.1. The molecule has 1 fully saturated rings. The Kier molecular flexibility index (Phi) is 3.85. The number of carboxylic acids is 1. The molecule has 1 aliphatic heterocycles. The first-order valence-corrected chi connectivity index (χ1v) is 7.52. The van der Waals surface area contributed by atoms with E-state index in [9.17, 15) is 14.7 Å². The van der Waals surface area contributed by atoms with E-state index in [0.717, 1.165) is 17.9 Å². The van der Waals surface area contributed by atoms with Crippen molar-refractivity contribution < 1.29 is 14.7 Å². The molecule has 1 saturated heterocycles. The molecule has 7 nitrogen and oxygen atoms in total. The summed E-state index contributed by atoms with van der Waals surface area (Å²) in [5, 5.41) is 13.5. The molecule has 120 valence electrons. The zero-order valence-electron chi connectivity index (χ0n) is 13.1. The van der Waals surface area contributed by atoms with Gasteiger partial charge < -0.3 is 10.0 Å². The van der Waals surface area contributed by atoms with Gasteiger partial charge in [0.15, 0.2) is 0 Å². The monoisotopic (exact) mass is 314 g/mol. The van der Waals surface area contributed by atoms with Crippen molar-refractivity contribution in [2.45, 2.75) is 32.7 Å². The highest BCUT2D eigenvalue weighted by Gasteiger charge is 2.34. The van der Waals surface area contributed by atoms with E-state index >= 15 is 0 Å². The fourth-order valence-corrected chi connectivity index (χ4v) is 2.94. The normalized spacial score (nSPS) is 17.5. The van der Waals surface area contributed by atoms with Gasteiger partial charge in [-0.25, -0.2) is 14.5 Å². The van der Waals surface area contributed by atoms with Crippen LogP contribution in [0.5, 0.6) is 0 Å². The van der Waals surface area contributed by atoms with E-state index in [1.54, 1.807) is 28.9 Å². The zero-order chi connectivity index (χ0) is 16.6. The molecule has 0 radical (unpaired) electrons. The summed E-state index contributed by atoms with van der Waals surface area (Å²) in [7, 11) is 0. The van der Waals surface area contributed by atoms with E-state index in [4.69, 9.17) is 0 Å². The van der Waals surface area contributed by atoms with Crippen LogP contribution in [0.1, 0.15) is 34.8 Å². The van der Waals surface area contributed by atoms with Crippen LogP contribution in [0, 0.1) is 13.8 Å². The summed E-state index contributed by atoms with van der Waals surface area (Å²) in [6, 6.07) is 6.26. The van der Waals surface area contributed by atoms with Crippen LogP contribution in [0.4, 0.5) is 0 Å². The van der Waals surface area contributed by atoms with Gasteiger partial charge >= 0.3 is 5.97 Å². The van der Waals surface area contributed by atoms with Gasteiger partial charge in [-0.1, -0.05) is 0 Å². The second-order valence-electron chi connectivity index (χ2n) is 5.66. The first-order chi connectivity index (χ1) is 11.0. The van der Waals surface area contributed by atoms with Gasteiger partial charge in [-0.3, -0.25) is 4.79 Å². The van der Waals surface area contributed by atoms with E-state index in [1.165, 1.54) is 4.90 Å². The summed E-state index contributed by atoms with van der Waals surface area (Å²) in [6.45, 7) is 4.17. The number of amides is 1. The van der Waals surface area contributed by atoms with Crippen LogP contribution in [0.15, 0.2) is 24.3 Å². The molecule has 0 saturated carbocycles. The van der Waals surface area contributed by atoms with Crippen molar-refractivity contribution in [3.05, 3.63) is 41.5 Å². The van der Waals surface area contributed by atoms with Crippen molar-refractivity contribution in [3.8, 4) is 5.69 Å². The molecule has 1 aromatic heterocycles. The van der Waals surface area contributed by atoms with Crippen molar-refractivity contribution in [2.75, 3.05) is 6.54 Å². The molecular weight excluding hydrogens is 296 g/mol. The fourth-order valence-electron chi connectivity index (χ4n) is 2.94. The lowest BCUT2D eigenvalue weighted by molar-refractivity contribution is -0.141. The standard InChI is InChI=1S/C16H18N4O3/c1-10-17-11(2)20(18-10)13-7-5-12(6-8-13)15(21)19-9-3-4-14(19)16(22)23/h5-8,14H,3-4,9H2,1-2H3,(H,22,23). The molecule has 2 aromatic rings. The molecule has 23 heavy (non-hydrogen) atoms. The molecule has 3 rings (SSSR count). The summed E-state index contributed by atoms with van der Waals surface area (Å²) < 4.78 is 1.71. The Hall–Kier alpha value is -2.70. The minimum Gasteiger partial charge on any atom is -0.480 e. The van der Waals surface area contributed by atoms with Crippen LogP contribution < -0.4 is 0 Å². The molecule has 1 N–H and O–H groups in total. The van der Waals surface area contributed by atoms with Gasteiger partial charge in [-0.2, -0.15) is 5.10 Å². The molecule has 0 bridgehead atoms. The average Bonchev–Trinajstić information content (AvgIpc) is 3.13. The van der Waals surface area contributed by atoms with Gasteiger partial charge in [-0.05, 0) is 51.0 Å². The number of carbonyl (C=O) groups is 2. The number of rotatable bonds is 3. The predicted octanol–water partition coefficient (Wildman–Crippen LogP) is 1.57. The Balaban J connectivity index is 1.83. The van der Waals surface area contributed by atoms with Crippen molar-refractivity contribution >= 4 is 11.9 Å². The second kappa shape index (κ2) is 5.83. The molecular formula is C16H18N4O3. The first kappa shape index (κ1) is 15.2. The van der Waals surface area contributed by atoms with Crippen LogP contribution in [0.3, 0.4) is 0 Å². The number of aromatic nitrogens is 3. The number of hydrogen-bond donors (Lipinski definition) is 1. The Bertz CT molecular complexity index is 751. The molecule has 0 spiro atoms. The largest absolute Gasteiger partial charge is 0.480 e. The number of nitrogens with zero attached hydrogens (tertiary/aromatic N) is 4. The van der Waals surface area contributed by atoms with Gasteiger partial charge in [0.1, 0.15) is 17.7 Å². The minimum absolute atomic E-state index is 0.243. The summed E-state index contributed by atoms with van der Waals surface area (Å²) in [5.74, 6) is 0.269. The van der Waals surface area contributed by atoms with Gasteiger partial charge in [-0.15, -0.1) is 0 Å². The summed E-state index contributed by atoms with van der Waals surface area (Å²) >= 11 is 0. The Morgan fingerprint density at radius 2 is 1.91 bits per heavy atom. The summed E-state index contributed by atoms with van der Waals surface area (Å²) in [5.41, 5.74) is 1.30. The maximum absolute atomic E-state index is 12.5. The van der Waals surface area contributed by atoms with Gasteiger partial charge in [0.25, 0.3) is 5.91 Å². The molecule has 1 unspecified atom stereocenters. The Morgan fingerprint density at radius 3 is 2.48 bits per heavy atom. The first-order valence-electron chi connectivity index (χ1n) is 7.52. The maximum Gasteiger partial charge on any atom is 0.326 e. The zero-order valence-corrected chi connectivity index (χ0v) is 13.1. The van der Waals surface area contributed by atoms with Crippen LogP contribution in [-0.2, 0) is 4.79 Å². The van der Waals surface area contributed by atoms with Crippen molar-refractivity contribution in [3.63, 3.8) is 0 Å². The van der Waals surface area contributed by atoms with Crippen LogP contribution in [0.2, 0.25) is 0 Å². The highest BCUT2D eigenvalue weighted by molar-refractivity contribution is 5.97. The lowest BCUT2D eigenvalue weighted by Crippen LogP contribution is -2.40. The van der Waals surface area contributed by atoms with Crippen LogP contribution in [-0.4, -0.2) is 49.2 Å². The van der Waals surface area contributed by atoms with Crippen LogP contribution >= 0.6 is 0 Å². The number of benzene rings is 1. The molecule has 7 heteroatoms. The smallest absolute Gasteiger partial charge is 0.326 e. The predicted molar refractivity (Wildman–Crippen MR) is 82.5 cm³/mol. The van der Waals surface area contributed by atoms with Gasteiger partial charge in [0.05, 0.1) is 5.69 Å². The molecule has 0 aliphatic carbocycles. The number of aliphatic carboxylic acids is 1. The second-order valence-corrected chi connectivity index (χ2v) is 5.66. The van der Waals surface area contributed by atoms with Gasteiger partial charge in [0, 0.05) is 12.1 Å². The Labute approximate surface area is 133 Å². The quantitative estimate of drug-likeness (QED) is 0.929. The molecule has 1 atom stereocenters. The summed E-state index contributed by atoms with van der Waals surface area (Å²) in [4.78, 5) is 29.4. The molecule has 1 aliphatic rings. The van der Waals surface area contributed by atoms with Crippen LogP contribution in [0.25, 0.3) is 5.69 Å². The number of aryl methyl sites for hydroxylation is 2. The lowest BCUT2D eigenvalue weighted by Gasteiger charge is -2.21. The molecule has 1 amide bonds. The van der Waals surface area contributed by atoms with Crippen molar-refractivity contribution in [1.29, 1.82) is 0 Å². The van der Waals surface area contributed by atoms with Crippen molar-refractivity contribution in [1.82, 2.24) is 19.7 Å². The number of likely N-dealkylation sites (tertiary alicyclic amines) is 1. The van der Waals surface area contributed by atoms with Gasteiger partial charge in [0.2, 0.25) is 0 Å². The third kappa shape index (κ3) is 2.81. The minimum atomic E-state index is -0.943. The fraction of sp³-hybridized carbons (Fsp3) is 0.375. The highest BCUT2D eigenvalue weighted by atomic mass is 16.4. The molecule has 2 heterocycles. The highest BCUT2D eigenvalue weighted by Crippen LogP contribution is 2.21. The SMILES string of the molecule is Cc1nc(C)n(-c2ccc(C(=O)N3CCCC3C(=O)O)cc2)n1. The number of carboxylic acid groups (broad SMARTS) is 1. The Morgan fingerprint density at radius 1 is 1.22 bits per heavy atom. The summed E-state index contributed by atoms with van der Waals surface area (Å²) in [6.07, 6.45) is 1.23. The third-order valence-electron chi connectivity index (χ3n) is 4.03. The van der Waals surface area contributed by atoms with E-state index in [2.05, 4.69) is 10.1 Å². The number of hydrogen-bond acceptors (Lipinski definition) is 4. The maximum atomic E-state index is 12.5. The van der Waals surface area contributed by atoms with E-state index in [1.807, 2.05) is 13.8 Å². The van der Waals surface area contributed by atoms with E-state index in [0.29, 0.717) is 24.4 Å². The number of carbonyl (C=O) groups excluding carboxylic acids is 1. The van der Waals surface area contributed by atoms with Crippen molar-refractivity contribution in [2.24, 2.45) is 0 Å². The van der Waals surface area contributed by atoms with E-state index < -0.39 is 12.0 Å². The van der Waals surface area contributed by atoms with E-state index in [-0.39, 0.29) is 5.91 Å². The molecule has 1 aromatic carbocycles.